The fourth-order valence-corrected chi connectivity index (χ4v) is 1.85. The Labute approximate surface area is 95.2 Å². The molecule has 0 aliphatic rings. The van der Waals surface area contributed by atoms with Crippen LogP contribution in [0.15, 0.2) is 22.8 Å². The van der Waals surface area contributed by atoms with E-state index in [2.05, 4.69) is 20.9 Å². The van der Waals surface area contributed by atoms with Crippen molar-refractivity contribution in [1.82, 2.24) is 4.98 Å². The normalized spacial score (nSPS) is 10.8. The Morgan fingerprint density at radius 3 is 2.86 bits per heavy atom. The zero-order valence-electron chi connectivity index (χ0n) is 7.51. The summed E-state index contributed by atoms with van der Waals surface area (Å²) < 4.78 is 1.03. The number of nitrogens with two attached hydrogens (primary N) is 1. The number of fused-ring (bicyclic) bond motifs is 1. The first-order valence-corrected chi connectivity index (χ1v) is 5.27. The van der Waals surface area contributed by atoms with Crippen molar-refractivity contribution >= 4 is 44.1 Å². The maximum absolute atomic E-state index is 5.88. The molecule has 2 nitrogen and oxygen atoms in total. The van der Waals surface area contributed by atoms with Crippen LogP contribution >= 0.6 is 27.5 Å². The number of aromatic nitrogens is 1. The zero-order valence-corrected chi connectivity index (χ0v) is 9.85. The van der Waals surface area contributed by atoms with Crippen LogP contribution in [0.4, 0.5) is 5.69 Å². The van der Waals surface area contributed by atoms with Crippen LogP contribution in [0.3, 0.4) is 0 Å². The van der Waals surface area contributed by atoms with E-state index in [1.54, 1.807) is 6.20 Å². The Morgan fingerprint density at radius 1 is 1.43 bits per heavy atom. The summed E-state index contributed by atoms with van der Waals surface area (Å²) in [4.78, 5) is 4.26. The molecule has 0 bridgehead atoms. The molecule has 1 aromatic heterocycles. The minimum atomic E-state index is 0.499. The van der Waals surface area contributed by atoms with Gasteiger partial charge in [-0.25, -0.2) is 0 Å². The van der Waals surface area contributed by atoms with Crippen LogP contribution < -0.4 is 5.73 Å². The number of benzene rings is 1. The van der Waals surface area contributed by atoms with E-state index < -0.39 is 0 Å². The van der Waals surface area contributed by atoms with Gasteiger partial charge in [-0.15, -0.1) is 0 Å². The first-order chi connectivity index (χ1) is 6.61. The fourth-order valence-electron chi connectivity index (χ4n) is 1.38. The maximum Gasteiger partial charge on any atom is 0.0825 e. The van der Waals surface area contributed by atoms with Crippen LogP contribution in [-0.4, -0.2) is 4.98 Å². The third-order valence-electron chi connectivity index (χ3n) is 2.22. The van der Waals surface area contributed by atoms with E-state index in [1.165, 1.54) is 0 Å². The minimum Gasteiger partial charge on any atom is -0.397 e. The van der Waals surface area contributed by atoms with E-state index in [1.807, 2.05) is 19.1 Å². The highest BCUT2D eigenvalue weighted by molar-refractivity contribution is 9.10. The molecular formula is C10H8BrClN2. The molecule has 0 saturated heterocycles. The number of anilines is 1. The van der Waals surface area contributed by atoms with E-state index in [0.717, 1.165) is 20.9 Å². The molecule has 0 spiro atoms. The summed E-state index contributed by atoms with van der Waals surface area (Å²) in [5.41, 5.74) is 8.40. The van der Waals surface area contributed by atoms with Crippen molar-refractivity contribution < 1.29 is 0 Å². The van der Waals surface area contributed by atoms with Gasteiger partial charge in [0.25, 0.3) is 0 Å². The van der Waals surface area contributed by atoms with Gasteiger partial charge in [-0.2, -0.15) is 0 Å². The van der Waals surface area contributed by atoms with E-state index in [4.69, 9.17) is 17.3 Å². The molecule has 2 N–H and O–H groups in total. The Kier molecular flexibility index (Phi) is 2.37. The number of nitrogens with zero attached hydrogens (tertiary/aromatic N) is 1. The van der Waals surface area contributed by atoms with Crippen molar-refractivity contribution in [2.75, 3.05) is 5.73 Å². The monoisotopic (exact) mass is 270 g/mol. The van der Waals surface area contributed by atoms with Gasteiger partial charge in [-0.05, 0) is 24.6 Å². The molecule has 2 aromatic rings. The highest BCUT2D eigenvalue weighted by Gasteiger charge is 2.07. The van der Waals surface area contributed by atoms with E-state index >= 15 is 0 Å². The number of hydrogen-bond donors (Lipinski definition) is 1. The van der Waals surface area contributed by atoms with Gasteiger partial charge >= 0.3 is 0 Å². The topological polar surface area (TPSA) is 38.9 Å². The zero-order chi connectivity index (χ0) is 10.3. The quantitative estimate of drug-likeness (QED) is 0.796. The fraction of sp³-hybridized carbons (Fsp3) is 0.100. The Balaban J connectivity index is 2.94. The van der Waals surface area contributed by atoms with Gasteiger partial charge in [0, 0.05) is 16.1 Å². The van der Waals surface area contributed by atoms with E-state index in [0.29, 0.717) is 10.7 Å². The molecule has 1 heterocycles. The van der Waals surface area contributed by atoms with E-state index in [-0.39, 0.29) is 0 Å². The van der Waals surface area contributed by atoms with Gasteiger partial charge in [0.2, 0.25) is 0 Å². The molecule has 72 valence electrons. The predicted molar refractivity (Wildman–Crippen MR) is 63.6 cm³/mol. The lowest BCUT2D eigenvalue weighted by atomic mass is 10.1. The second-order valence-electron chi connectivity index (χ2n) is 3.09. The van der Waals surface area contributed by atoms with E-state index in [9.17, 15) is 0 Å². The van der Waals surface area contributed by atoms with Gasteiger partial charge in [0.1, 0.15) is 0 Å². The molecule has 1 aromatic carbocycles. The Bertz CT molecular complexity index is 464. The molecule has 0 saturated carbocycles. The summed E-state index contributed by atoms with van der Waals surface area (Å²) in [6.07, 6.45) is 1.58. The second kappa shape index (κ2) is 3.41. The van der Waals surface area contributed by atoms with Crippen molar-refractivity contribution in [3.8, 4) is 0 Å². The number of halogens is 2. The molecular weight excluding hydrogens is 263 g/mol. The van der Waals surface area contributed by atoms with Crippen LogP contribution in [0.25, 0.3) is 10.9 Å². The van der Waals surface area contributed by atoms with Crippen molar-refractivity contribution in [2.45, 2.75) is 6.92 Å². The first-order valence-electron chi connectivity index (χ1n) is 4.10. The molecule has 0 atom stereocenters. The summed E-state index contributed by atoms with van der Waals surface area (Å²) in [5.74, 6) is 0. The standard InChI is InChI=1S/C10H8BrClN2/c1-5-7(11)3-2-6-9(13)8(12)4-14-10(5)6/h2-4H,1H3,(H2,13,14). The summed E-state index contributed by atoms with van der Waals surface area (Å²) in [5, 5.41) is 1.40. The van der Waals surface area contributed by atoms with Gasteiger partial charge in [0.15, 0.2) is 0 Å². The smallest absolute Gasteiger partial charge is 0.0825 e. The largest absolute Gasteiger partial charge is 0.397 e. The highest BCUT2D eigenvalue weighted by Crippen LogP contribution is 2.31. The number of aryl methyl sites for hydroxylation is 1. The number of pyridine rings is 1. The number of hydrogen-bond acceptors (Lipinski definition) is 2. The SMILES string of the molecule is Cc1c(Br)ccc2c(N)c(Cl)cnc12. The number of rotatable bonds is 0. The molecule has 0 fully saturated rings. The summed E-state index contributed by atoms with van der Waals surface area (Å²) >= 11 is 9.33. The third kappa shape index (κ3) is 1.37. The van der Waals surface area contributed by atoms with Crippen LogP contribution in [0.1, 0.15) is 5.56 Å². The molecule has 0 radical (unpaired) electrons. The molecule has 14 heavy (non-hydrogen) atoms. The predicted octanol–water partition coefficient (Wildman–Crippen LogP) is 3.54. The van der Waals surface area contributed by atoms with Crippen LogP contribution in [0.5, 0.6) is 0 Å². The molecule has 0 aliphatic carbocycles. The van der Waals surface area contributed by atoms with Crippen LogP contribution in [-0.2, 0) is 0 Å². The maximum atomic E-state index is 5.88. The summed E-state index contributed by atoms with van der Waals surface area (Å²) in [6.45, 7) is 1.99. The van der Waals surface area contributed by atoms with Crippen molar-refractivity contribution in [3.63, 3.8) is 0 Å². The summed E-state index contributed by atoms with van der Waals surface area (Å²) in [7, 11) is 0. The molecule has 0 unspecified atom stereocenters. The average Bonchev–Trinajstić information content (AvgIpc) is 2.17. The first kappa shape index (κ1) is 9.74. The summed E-state index contributed by atoms with van der Waals surface area (Å²) in [6, 6.07) is 3.87. The molecule has 2 rings (SSSR count). The third-order valence-corrected chi connectivity index (χ3v) is 3.38. The van der Waals surface area contributed by atoms with Crippen molar-refractivity contribution in [3.05, 3.63) is 33.4 Å². The lowest BCUT2D eigenvalue weighted by molar-refractivity contribution is 1.35. The molecule has 4 heteroatoms. The van der Waals surface area contributed by atoms with Gasteiger partial charge in [0.05, 0.1) is 16.2 Å². The van der Waals surface area contributed by atoms with Crippen molar-refractivity contribution in [1.29, 1.82) is 0 Å². The average molecular weight is 272 g/mol. The van der Waals surface area contributed by atoms with Crippen LogP contribution in [0, 0.1) is 6.92 Å². The molecule has 0 amide bonds. The second-order valence-corrected chi connectivity index (χ2v) is 4.35. The Morgan fingerprint density at radius 2 is 2.14 bits per heavy atom. The van der Waals surface area contributed by atoms with Gasteiger partial charge in [-0.1, -0.05) is 27.5 Å². The van der Waals surface area contributed by atoms with Gasteiger partial charge in [-0.3, -0.25) is 4.98 Å². The lowest BCUT2D eigenvalue weighted by Crippen LogP contribution is -1.92. The Hall–Kier alpha value is -0.800. The lowest BCUT2D eigenvalue weighted by Gasteiger charge is -2.06. The highest BCUT2D eigenvalue weighted by atomic mass is 79.9. The number of nitrogen functional groups attached to an aromatic ring is 1. The molecule has 0 aliphatic heterocycles. The van der Waals surface area contributed by atoms with Crippen molar-refractivity contribution in [2.24, 2.45) is 0 Å². The van der Waals surface area contributed by atoms with Gasteiger partial charge < -0.3 is 5.73 Å². The van der Waals surface area contributed by atoms with Crippen LogP contribution in [0.2, 0.25) is 5.02 Å². The minimum absolute atomic E-state index is 0.499.